The van der Waals surface area contributed by atoms with Crippen LogP contribution in [-0.2, 0) is 14.8 Å². The fraction of sp³-hybridized carbons (Fsp3) is 0.138. The fourth-order valence-electron chi connectivity index (χ4n) is 4.46. The Labute approximate surface area is 226 Å². The van der Waals surface area contributed by atoms with Crippen LogP contribution in [0.4, 0.5) is 11.4 Å². The van der Waals surface area contributed by atoms with Gasteiger partial charge < -0.3 is 14.8 Å². The summed E-state index contributed by atoms with van der Waals surface area (Å²) in [5.74, 6) is 0.948. The van der Waals surface area contributed by atoms with Gasteiger partial charge in [0.05, 0.1) is 35.8 Å². The van der Waals surface area contributed by atoms with Crippen molar-refractivity contribution in [2.45, 2.75) is 10.1 Å². The molecule has 9 heteroatoms. The van der Waals surface area contributed by atoms with Crippen molar-refractivity contribution in [1.82, 2.24) is 0 Å². The Morgan fingerprint density at radius 2 is 1.47 bits per heavy atom. The molecule has 0 saturated heterocycles. The molecule has 2 N–H and O–H groups in total. The van der Waals surface area contributed by atoms with Crippen molar-refractivity contribution in [3.63, 3.8) is 0 Å². The van der Waals surface area contributed by atoms with Gasteiger partial charge in [-0.3, -0.25) is 9.52 Å². The molecule has 0 atom stereocenters. The summed E-state index contributed by atoms with van der Waals surface area (Å²) in [7, 11) is -0.941. The second-order valence-corrected chi connectivity index (χ2v) is 11.4. The average Bonchev–Trinajstić information content (AvgIpc) is 3.25. The van der Waals surface area contributed by atoms with Gasteiger partial charge in [-0.2, -0.15) is 0 Å². The van der Waals surface area contributed by atoms with E-state index in [0.717, 1.165) is 0 Å². The first kappa shape index (κ1) is 25.7. The number of ether oxygens (including phenoxy) is 2. The Hall–Kier alpha value is -3.95. The minimum absolute atomic E-state index is 0.0499. The minimum atomic E-state index is -3.90. The molecule has 7 nitrogen and oxygen atoms in total. The van der Waals surface area contributed by atoms with E-state index >= 15 is 0 Å². The van der Waals surface area contributed by atoms with Gasteiger partial charge in [0, 0.05) is 11.8 Å². The van der Waals surface area contributed by atoms with Crippen LogP contribution in [0.5, 0.6) is 11.5 Å². The maximum Gasteiger partial charge on any atom is 0.262 e. The number of thioether (sulfide) groups is 1. The number of nitrogens with one attached hydrogen (secondary N) is 2. The molecule has 194 valence electrons. The third-order valence-electron chi connectivity index (χ3n) is 6.26. The standard InChI is InChI=1S/C29H26N2O5S2/c1-35-20-13-16-27(36-2)26(17-20)31-38(33,34)21-14-11-19(12-15-21)30-28(32)18-37-29-24-9-5-3-7-22(24)23-8-4-6-10-25(23)29/h3-17,29,31H,18H2,1-2H3,(H,30,32). The van der Waals surface area contributed by atoms with E-state index in [1.807, 2.05) is 24.3 Å². The number of benzene rings is 4. The second kappa shape index (κ2) is 10.8. The number of hydrogen-bond donors (Lipinski definition) is 2. The first-order valence-electron chi connectivity index (χ1n) is 11.8. The minimum Gasteiger partial charge on any atom is -0.497 e. The quantitative estimate of drug-likeness (QED) is 0.270. The molecule has 0 heterocycles. The van der Waals surface area contributed by atoms with Crippen LogP contribution in [0.1, 0.15) is 16.4 Å². The molecule has 5 rings (SSSR count). The fourth-order valence-corrected chi connectivity index (χ4v) is 6.68. The van der Waals surface area contributed by atoms with E-state index in [1.165, 1.54) is 48.6 Å². The van der Waals surface area contributed by atoms with Gasteiger partial charge in [-0.05, 0) is 58.7 Å². The van der Waals surface area contributed by atoms with Crippen LogP contribution in [0.2, 0.25) is 0 Å². The molecular weight excluding hydrogens is 520 g/mol. The van der Waals surface area contributed by atoms with Crippen molar-refractivity contribution in [2.24, 2.45) is 0 Å². The highest BCUT2D eigenvalue weighted by molar-refractivity contribution is 8.00. The van der Waals surface area contributed by atoms with Crippen molar-refractivity contribution in [1.29, 1.82) is 0 Å². The lowest BCUT2D eigenvalue weighted by Gasteiger charge is -2.14. The predicted molar refractivity (Wildman–Crippen MR) is 152 cm³/mol. The molecule has 0 bridgehead atoms. The van der Waals surface area contributed by atoms with Crippen LogP contribution in [0, 0.1) is 0 Å². The van der Waals surface area contributed by atoms with Gasteiger partial charge in [-0.1, -0.05) is 48.5 Å². The van der Waals surface area contributed by atoms with Gasteiger partial charge in [0.25, 0.3) is 10.0 Å². The SMILES string of the molecule is COc1ccc(OC)c(NS(=O)(=O)c2ccc(NC(=O)CSC3c4ccccc4-c4ccccc43)cc2)c1. The Morgan fingerprint density at radius 1 is 0.842 bits per heavy atom. The van der Waals surface area contributed by atoms with E-state index in [-0.39, 0.29) is 27.5 Å². The van der Waals surface area contributed by atoms with Crippen LogP contribution >= 0.6 is 11.8 Å². The number of anilines is 2. The van der Waals surface area contributed by atoms with Crippen molar-refractivity contribution in [3.8, 4) is 22.6 Å². The maximum atomic E-state index is 13.0. The smallest absolute Gasteiger partial charge is 0.262 e. The molecule has 38 heavy (non-hydrogen) atoms. The molecule has 1 aliphatic carbocycles. The molecule has 0 saturated carbocycles. The summed E-state index contributed by atoms with van der Waals surface area (Å²) >= 11 is 1.57. The van der Waals surface area contributed by atoms with E-state index in [4.69, 9.17) is 9.47 Å². The van der Waals surface area contributed by atoms with E-state index < -0.39 is 10.0 Å². The molecule has 0 radical (unpaired) electrons. The molecule has 0 fully saturated rings. The van der Waals surface area contributed by atoms with E-state index in [1.54, 1.807) is 42.1 Å². The van der Waals surface area contributed by atoms with E-state index in [9.17, 15) is 13.2 Å². The lowest BCUT2D eigenvalue weighted by atomic mass is 10.1. The largest absolute Gasteiger partial charge is 0.497 e. The topological polar surface area (TPSA) is 93.7 Å². The summed E-state index contributed by atoms with van der Waals surface area (Å²) < 4.78 is 38.9. The Bertz CT molecular complexity index is 1540. The van der Waals surface area contributed by atoms with Crippen molar-refractivity contribution < 1.29 is 22.7 Å². The molecule has 0 spiro atoms. The van der Waals surface area contributed by atoms with Gasteiger partial charge in [0.15, 0.2) is 0 Å². The van der Waals surface area contributed by atoms with Gasteiger partial charge >= 0.3 is 0 Å². The van der Waals surface area contributed by atoms with E-state index in [2.05, 4.69) is 34.3 Å². The van der Waals surface area contributed by atoms with Crippen LogP contribution in [0.25, 0.3) is 11.1 Å². The first-order chi connectivity index (χ1) is 18.4. The lowest BCUT2D eigenvalue weighted by molar-refractivity contribution is -0.113. The summed E-state index contributed by atoms with van der Waals surface area (Å²) in [4.78, 5) is 12.8. The summed E-state index contributed by atoms with van der Waals surface area (Å²) in [5.41, 5.74) is 5.61. The zero-order chi connectivity index (χ0) is 26.7. The molecule has 0 aliphatic heterocycles. The summed E-state index contributed by atoms with van der Waals surface area (Å²) in [6, 6.07) is 27.4. The van der Waals surface area contributed by atoms with Gasteiger partial charge in [0.1, 0.15) is 11.5 Å². The van der Waals surface area contributed by atoms with Crippen LogP contribution in [-0.4, -0.2) is 34.3 Å². The number of methoxy groups -OCH3 is 2. The number of carbonyl (C=O) groups excluding carboxylic acids is 1. The highest BCUT2D eigenvalue weighted by Crippen LogP contribution is 2.49. The predicted octanol–water partition coefficient (Wildman–Crippen LogP) is 5.95. The third-order valence-corrected chi connectivity index (χ3v) is 8.91. The number of carbonyl (C=O) groups is 1. The van der Waals surface area contributed by atoms with Gasteiger partial charge in [-0.15, -0.1) is 11.8 Å². The Kier molecular flexibility index (Phi) is 7.31. The number of fused-ring (bicyclic) bond motifs is 3. The molecular formula is C29H26N2O5S2. The molecule has 4 aromatic rings. The second-order valence-electron chi connectivity index (χ2n) is 8.61. The zero-order valence-electron chi connectivity index (χ0n) is 20.8. The van der Waals surface area contributed by atoms with Crippen molar-refractivity contribution in [3.05, 3.63) is 102 Å². The van der Waals surface area contributed by atoms with Crippen LogP contribution in [0.15, 0.2) is 95.9 Å². The number of sulfonamides is 1. The van der Waals surface area contributed by atoms with E-state index in [0.29, 0.717) is 17.2 Å². The Morgan fingerprint density at radius 3 is 2.08 bits per heavy atom. The molecule has 1 aliphatic rings. The van der Waals surface area contributed by atoms with Crippen LogP contribution < -0.4 is 19.5 Å². The zero-order valence-corrected chi connectivity index (χ0v) is 22.4. The highest BCUT2D eigenvalue weighted by atomic mass is 32.2. The third kappa shape index (κ3) is 5.20. The number of rotatable bonds is 9. The summed E-state index contributed by atoms with van der Waals surface area (Å²) in [5, 5.41) is 2.95. The lowest BCUT2D eigenvalue weighted by Crippen LogP contribution is -2.16. The molecule has 1 amide bonds. The highest BCUT2D eigenvalue weighted by Gasteiger charge is 2.28. The van der Waals surface area contributed by atoms with Gasteiger partial charge in [0.2, 0.25) is 5.91 Å². The number of amides is 1. The van der Waals surface area contributed by atoms with Crippen molar-refractivity contribution in [2.75, 3.05) is 30.0 Å². The average molecular weight is 547 g/mol. The summed E-state index contributed by atoms with van der Waals surface area (Å²) in [6.45, 7) is 0. The van der Waals surface area contributed by atoms with Crippen LogP contribution in [0.3, 0.4) is 0 Å². The first-order valence-corrected chi connectivity index (χ1v) is 14.4. The normalized spacial score (nSPS) is 12.4. The van der Waals surface area contributed by atoms with Crippen molar-refractivity contribution >= 4 is 39.1 Å². The molecule has 0 aromatic heterocycles. The van der Waals surface area contributed by atoms with Gasteiger partial charge in [-0.25, -0.2) is 8.42 Å². The molecule has 4 aromatic carbocycles. The monoisotopic (exact) mass is 546 g/mol. The maximum absolute atomic E-state index is 13.0. The Balaban J connectivity index is 1.24. The summed E-state index contributed by atoms with van der Waals surface area (Å²) in [6.07, 6.45) is 0. The number of hydrogen-bond acceptors (Lipinski definition) is 6. The molecule has 0 unspecified atom stereocenters.